The minimum Gasteiger partial charge on any atom is -0.461 e. The molecule has 0 radical (unpaired) electrons. The van der Waals surface area contributed by atoms with Gasteiger partial charge in [-0.25, -0.2) is 9.78 Å². The SMILES string of the molecule is CCOC(=O)c1cn(C2=CCC3C(=C2)C(/C=N\O)=CN3C(C)C)cn1. The Balaban J connectivity index is 1.88. The second-order valence-electron chi connectivity index (χ2n) is 6.24. The maximum absolute atomic E-state index is 11.8. The molecule has 132 valence electrons. The normalized spacial score (nSPS) is 19.8. The Kier molecular flexibility index (Phi) is 4.74. The van der Waals surface area contributed by atoms with Crippen LogP contribution in [0.2, 0.25) is 0 Å². The topological polar surface area (TPSA) is 80.0 Å². The smallest absolute Gasteiger partial charge is 0.358 e. The number of nitrogens with zero attached hydrogens (tertiary/aromatic N) is 4. The highest BCUT2D eigenvalue weighted by Crippen LogP contribution is 2.36. The van der Waals surface area contributed by atoms with Crippen molar-refractivity contribution in [1.82, 2.24) is 14.5 Å². The zero-order chi connectivity index (χ0) is 18.0. The van der Waals surface area contributed by atoms with Gasteiger partial charge in [0, 0.05) is 29.7 Å². The molecule has 0 bridgehead atoms. The van der Waals surface area contributed by atoms with Crippen LogP contribution in [0.15, 0.2) is 47.2 Å². The van der Waals surface area contributed by atoms with E-state index in [4.69, 9.17) is 9.94 Å². The molecule has 1 atom stereocenters. The quantitative estimate of drug-likeness (QED) is 0.385. The van der Waals surface area contributed by atoms with Crippen LogP contribution in [0.4, 0.5) is 0 Å². The summed E-state index contributed by atoms with van der Waals surface area (Å²) < 4.78 is 6.78. The first-order chi connectivity index (χ1) is 12.0. The van der Waals surface area contributed by atoms with Gasteiger partial charge in [0.15, 0.2) is 5.69 Å². The van der Waals surface area contributed by atoms with Crippen molar-refractivity contribution in [2.45, 2.75) is 39.3 Å². The molecule has 0 fully saturated rings. The Labute approximate surface area is 146 Å². The van der Waals surface area contributed by atoms with E-state index in [1.165, 1.54) is 6.21 Å². The molecule has 1 aliphatic heterocycles. The predicted molar refractivity (Wildman–Crippen MR) is 94.3 cm³/mol. The maximum Gasteiger partial charge on any atom is 0.358 e. The van der Waals surface area contributed by atoms with Crippen LogP contribution in [0.1, 0.15) is 37.7 Å². The van der Waals surface area contributed by atoms with Crippen molar-refractivity contribution in [3.8, 4) is 0 Å². The molecule has 0 aromatic carbocycles. The lowest BCUT2D eigenvalue weighted by molar-refractivity contribution is 0.0520. The third-order valence-corrected chi connectivity index (χ3v) is 4.35. The van der Waals surface area contributed by atoms with E-state index in [9.17, 15) is 4.79 Å². The Morgan fingerprint density at radius 3 is 3.04 bits per heavy atom. The van der Waals surface area contributed by atoms with Crippen LogP contribution in [-0.4, -0.2) is 50.5 Å². The third-order valence-electron chi connectivity index (χ3n) is 4.35. The summed E-state index contributed by atoms with van der Waals surface area (Å²) in [7, 11) is 0. The molecule has 7 heteroatoms. The van der Waals surface area contributed by atoms with E-state index >= 15 is 0 Å². The first-order valence-electron chi connectivity index (χ1n) is 8.35. The van der Waals surface area contributed by atoms with Crippen molar-refractivity contribution in [3.05, 3.63) is 47.7 Å². The molecule has 2 heterocycles. The van der Waals surface area contributed by atoms with Gasteiger partial charge in [0.2, 0.25) is 0 Å². The number of imidazole rings is 1. The minimum atomic E-state index is -0.428. The molecule has 0 spiro atoms. The summed E-state index contributed by atoms with van der Waals surface area (Å²) in [6.45, 7) is 6.35. The molecule has 1 unspecified atom stereocenters. The summed E-state index contributed by atoms with van der Waals surface area (Å²) in [6.07, 6.45) is 11.7. The molecule has 1 aromatic rings. The number of carbonyl (C=O) groups is 1. The van der Waals surface area contributed by atoms with E-state index in [1.807, 2.05) is 12.3 Å². The Hall–Kier alpha value is -2.83. The molecule has 0 saturated carbocycles. The fraction of sp³-hybridized carbons (Fsp3) is 0.389. The van der Waals surface area contributed by atoms with Crippen molar-refractivity contribution >= 4 is 17.9 Å². The molecule has 25 heavy (non-hydrogen) atoms. The van der Waals surface area contributed by atoms with Crippen molar-refractivity contribution in [2.24, 2.45) is 5.16 Å². The third kappa shape index (κ3) is 3.22. The number of rotatable bonds is 5. The predicted octanol–water partition coefficient (Wildman–Crippen LogP) is 2.67. The van der Waals surface area contributed by atoms with E-state index in [1.54, 1.807) is 24.0 Å². The van der Waals surface area contributed by atoms with Crippen LogP contribution < -0.4 is 0 Å². The number of esters is 1. The molecule has 0 amide bonds. The zero-order valence-corrected chi connectivity index (χ0v) is 14.6. The zero-order valence-electron chi connectivity index (χ0n) is 14.6. The monoisotopic (exact) mass is 342 g/mol. The van der Waals surface area contributed by atoms with Gasteiger partial charge in [0.25, 0.3) is 0 Å². The highest BCUT2D eigenvalue weighted by atomic mass is 16.5. The molecular formula is C18H22N4O3. The summed E-state index contributed by atoms with van der Waals surface area (Å²) >= 11 is 0. The van der Waals surface area contributed by atoms with E-state index in [2.05, 4.69) is 35.0 Å². The Bertz CT molecular complexity index is 786. The number of carbonyl (C=O) groups excluding carboxylic acids is 1. The molecule has 1 aliphatic carbocycles. The number of ether oxygens (including phenoxy) is 1. The second kappa shape index (κ2) is 6.96. The Morgan fingerprint density at radius 2 is 2.36 bits per heavy atom. The van der Waals surface area contributed by atoms with Gasteiger partial charge < -0.3 is 19.4 Å². The Morgan fingerprint density at radius 1 is 1.56 bits per heavy atom. The molecule has 2 aliphatic rings. The highest BCUT2D eigenvalue weighted by molar-refractivity contribution is 5.89. The van der Waals surface area contributed by atoms with Crippen LogP contribution in [0.3, 0.4) is 0 Å². The van der Waals surface area contributed by atoms with E-state index < -0.39 is 5.97 Å². The lowest BCUT2D eigenvalue weighted by Crippen LogP contribution is -2.34. The van der Waals surface area contributed by atoms with Crippen LogP contribution >= 0.6 is 0 Å². The van der Waals surface area contributed by atoms with Crippen molar-refractivity contribution in [1.29, 1.82) is 0 Å². The number of fused-ring (bicyclic) bond motifs is 1. The molecule has 1 aromatic heterocycles. The fourth-order valence-corrected chi connectivity index (χ4v) is 3.19. The van der Waals surface area contributed by atoms with E-state index in [-0.39, 0.29) is 11.7 Å². The number of allylic oxidation sites excluding steroid dienone is 2. The summed E-state index contributed by atoms with van der Waals surface area (Å²) in [5, 5.41) is 12.1. The lowest BCUT2D eigenvalue weighted by Gasteiger charge is -2.31. The maximum atomic E-state index is 11.8. The van der Waals surface area contributed by atoms with Crippen LogP contribution in [0, 0.1) is 0 Å². The molecular weight excluding hydrogens is 320 g/mol. The van der Waals surface area contributed by atoms with Crippen LogP contribution in [0.5, 0.6) is 0 Å². The lowest BCUT2D eigenvalue weighted by atomic mass is 9.94. The van der Waals surface area contributed by atoms with Crippen molar-refractivity contribution in [3.63, 3.8) is 0 Å². The molecule has 1 N–H and O–H groups in total. The van der Waals surface area contributed by atoms with Gasteiger partial charge in [-0.3, -0.25) is 0 Å². The summed E-state index contributed by atoms with van der Waals surface area (Å²) in [5.74, 6) is -0.428. The van der Waals surface area contributed by atoms with Crippen molar-refractivity contribution in [2.75, 3.05) is 6.61 Å². The first-order valence-corrected chi connectivity index (χ1v) is 8.35. The van der Waals surface area contributed by atoms with Gasteiger partial charge in [0.05, 0.1) is 18.9 Å². The average molecular weight is 342 g/mol. The van der Waals surface area contributed by atoms with E-state index in [0.29, 0.717) is 12.6 Å². The summed E-state index contributed by atoms with van der Waals surface area (Å²) in [6, 6.07) is 0.571. The number of aromatic nitrogens is 2. The second-order valence-corrected chi connectivity index (χ2v) is 6.24. The standard InChI is InChI=1S/C18H22N4O3/c1-4-25-18(23)16-10-21(11-19-16)14-5-6-17-15(7-14)13(8-20-24)9-22(17)12(2)3/h5,7-12,17,24H,4,6H2,1-3H3/b20-8-. The van der Waals surface area contributed by atoms with Gasteiger partial charge in [-0.1, -0.05) is 11.2 Å². The molecule has 3 rings (SSSR count). The number of oxime groups is 1. The van der Waals surface area contributed by atoms with Gasteiger partial charge in [-0.05, 0) is 38.8 Å². The largest absolute Gasteiger partial charge is 0.461 e. The van der Waals surface area contributed by atoms with Gasteiger partial charge in [0.1, 0.15) is 6.33 Å². The molecule has 7 nitrogen and oxygen atoms in total. The first kappa shape index (κ1) is 17.0. The van der Waals surface area contributed by atoms with Crippen LogP contribution in [0.25, 0.3) is 5.70 Å². The summed E-state index contributed by atoms with van der Waals surface area (Å²) in [4.78, 5) is 18.2. The number of hydrogen-bond acceptors (Lipinski definition) is 6. The summed E-state index contributed by atoms with van der Waals surface area (Å²) in [5.41, 5.74) is 3.19. The van der Waals surface area contributed by atoms with Crippen LogP contribution in [-0.2, 0) is 4.74 Å². The fourth-order valence-electron chi connectivity index (χ4n) is 3.19. The highest BCUT2D eigenvalue weighted by Gasteiger charge is 2.32. The van der Waals surface area contributed by atoms with Gasteiger partial charge in [-0.2, -0.15) is 0 Å². The van der Waals surface area contributed by atoms with E-state index in [0.717, 1.165) is 23.3 Å². The van der Waals surface area contributed by atoms with Gasteiger partial charge >= 0.3 is 5.97 Å². The number of hydrogen-bond donors (Lipinski definition) is 1. The average Bonchev–Trinajstić information content (AvgIpc) is 3.20. The van der Waals surface area contributed by atoms with Gasteiger partial charge in [-0.15, -0.1) is 0 Å². The van der Waals surface area contributed by atoms with Crippen molar-refractivity contribution < 1.29 is 14.7 Å². The molecule has 0 saturated heterocycles. The minimum absolute atomic E-state index is 0.227.